The zero-order valence-corrected chi connectivity index (χ0v) is 15.5. The van der Waals surface area contributed by atoms with Crippen LogP contribution >= 0.6 is 11.6 Å². The normalized spacial score (nSPS) is 23.0. The molecule has 0 saturated carbocycles. The predicted octanol–water partition coefficient (Wildman–Crippen LogP) is 2.04. The van der Waals surface area contributed by atoms with Crippen molar-refractivity contribution in [3.8, 4) is 0 Å². The van der Waals surface area contributed by atoms with Crippen molar-refractivity contribution in [1.82, 2.24) is 9.80 Å². The van der Waals surface area contributed by atoms with Crippen molar-refractivity contribution in [2.75, 3.05) is 31.5 Å². The van der Waals surface area contributed by atoms with Crippen LogP contribution in [0.1, 0.15) is 19.3 Å². The first-order valence-electron chi connectivity index (χ1n) is 8.92. The molecule has 0 bridgehead atoms. The highest BCUT2D eigenvalue weighted by Crippen LogP contribution is 2.22. The van der Waals surface area contributed by atoms with Crippen LogP contribution in [0.25, 0.3) is 0 Å². The third kappa shape index (κ3) is 4.90. The molecule has 3 amide bonds. The number of carbonyl (C=O) groups excluding carboxylic acids is 2. The lowest BCUT2D eigenvalue weighted by Crippen LogP contribution is -2.43. The molecule has 0 aromatic heterocycles. The van der Waals surface area contributed by atoms with Gasteiger partial charge < -0.3 is 25.0 Å². The molecule has 9 heteroatoms. The largest absolute Gasteiger partial charge is 0.479 e. The number of benzene rings is 1. The van der Waals surface area contributed by atoms with Crippen LogP contribution in [0.3, 0.4) is 0 Å². The number of hydrogen-bond donors (Lipinski definition) is 2. The zero-order chi connectivity index (χ0) is 19.4. The first-order valence-corrected chi connectivity index (χ1v) is 9.30. The summed E-state index contributed by atoms with van der Waals surface area (Å²) in [5.74, 6) is -1.24. The van der Waals surface area contributed by atoms with Crippen molar-refractivity contribution in [3.05, 3.63) is 29.3 Å². The van der Waals surface area contributed by atoms with E-state index in [1.165, 1.54) is 0 Å². The van der Waals surface area contributed by atoms with E-state index in [9.17, 15) is 14.4 Å². The van der Waals surface area contributed by atoms with Gasteiger partial charge in [0.15, 0.2) is 6.10 Å². The molecule has 2 heterocycles. The van der Waals surface area contributed by atoms with Gasteiger partial charge in [0.25, 0.3) is 5.91 Å². The standard InChI is InChI=1S/C18H22ClN3O5/c19-12-3-1-4-13(11-12)20-18(26)22-8-2-7-21(9-10-22)16(23)14-5-6-15(27-14)17(24)25/h1,3-4,11,14-15H,2,5-10H2,(H,20,26)(H,24,25)/t14-,15+/m0/s1. The molecule has 0 spiro atoms. The Bertz CT molecular complexity index is 729. The molecule has 2 atom stereocenters. The van der Waals surface area contributed by atoms with Crippen molar-refractivity contribution in [3.63, 3.8) is 0 Å². The smallest absolute Gasteiger partial charge is 0.332 e. The van der Waals surface area contributed by atoms with Crippen molar-refractivity contribution >= 4 is 35.2 Å². The van der Waals surface area contributed by atoms with Crippen LogP contribution < -0.4 is 5.32 Å². The van der Waals surface area contributed by atoms with E-state index in [1.54, 1.807) is 34.1 Å². The summed E-state index contributed by atoms with van der Waals surface area (Å²) in [6.45, 7) is 1.82. The number of anilines is 1. The summed E-state index contributed by atoms with van der Waals surface area (Å²) in [5.41, 5.74) is 0.615. The van der Waals surface area contributed by atoms with E-state index in [2.05, 4.69) is 5.32 Å². The Balaban J connectivity index is 1.53. The summed E-state index contributed by atoms with van der Waals surface area (Å²) in [7, 11) is 0. The molecule has 8 nitrogen and oxygen atoms in total. The van der Waals surface area contributed by atoms with Crippen molar-refractivity contribution < 1.29 is 24.2 Å². The number of carbonyl (C=O) groups is 3. The Kier molecular flexibility index (Phi) is 6.18. The fraction of sp³-hybridized carbons (Fsp3) is 0.500. The van der Waals surface area contributed by atoms with Crippen LogP contribution in [0.5, 0.6) is 0 Å². The number of halogens is 1. The van der Waals surface area contributed by atoms with Crippen molar-refractivity contribution in [1.29, 1.82) is 0 Å². The maximum Gasteiger partial charge on any atom is 0.332 e. The maximum atomic E-state index is 12.6. The van der Waals surface area contributed by atoms with Gasteiger partial charge in [-0.3, -0.25) is 4.79 Å². The molecule has 146 valence electrons. The highest BCUT2D eigenvalue weighted by atomic mass is 35.5. The number of urea groups is 1. The molecule has 27 heavy (non-hydrogen) atoms. The van der Waals surface area contributed by atoms with Gasteiger partial charge in [-0.1, -0.05) is 17.7 Å². The number of carboxylic acid groups (broad SMARTS) is 1. The number of carboxylic acids is 1. The van der Waals surface area contributed by atoms with Gasteiger partial charge in [-0.2, -0.15) is 0 Å². The molecule has 0 unspecified atom stereocenters. The van der Waals surface area contributed by atoms with E-state index in [0.29, 0.717) is 56.2 Å². The van der Waals surface area contributed by atoms with Crippen molar-refractivity contribution in [2.45, 2.75) is 31.5 Å². The summed E-state index contributed by atoms with van der Waals surface area (Å²) in [5, 5.41) is 12.3. The number of aliphatic carboxylic acids is 1. The second-order valence-corrected chi connectivity index (χ2v) is 7.07. The summed E-state index contributed by atoms with van der Waals surface area (Å²) in [4.78, 5) is 39.4. The summed E-state index contributed by atoms with van der Waals surface area (Å²) in [6, 6.07) is 6.67. The predicted molar refractivity (Wildman–Crippen MR) is 98.8 cm³/mol. The molecule has 2 aliphatic rings. The fourth-order valence-electron chi connectivity index (χ4n) is 3.31. The monoisotopic (exact) mass is 395 g/mol. The Labute approximate surface area is 162 Å². The highest BCUT2D eigenvalue weighted by Gasteiger charge is 2.37. The van der Waals surface area contributed by atoms with E-state index in [0.717, 1.165) is 0 Å². The minimum Gasteiger partial charge on any atom is -0.479 e. The molecule has 0 aliphatic carbocycles. The molecular formula is C18H22ClN3O5. The molecular weight excluding hydrogens is 374 g/mol. The van der Waals surface area contributed by atoms with Gasteiger partial charge in [-0.05, 0) is 37.5 Å². The molecule has 2 fully saturated rings. The lowest BCUT2D eigenvalue weighted by molar-refractivity contribution is -0.154. The second kappa shape index (κ2) is 8.58. The molecule has 0 radical (unpaired) electrons. The van der Waals surface area contributed by atoms with E-state index >= 15 is 0 Å². The number of nitrogens with one attached hydrogen (secondary N) is 1. The Hall–Kier alpha value is -2.32. The number of hydrogen-bond acceptors (Lipinski definition) is 4. The van der Waals surface area contributed by atoms with Crippen LogP contribution in [0, 0.1) is 0 Å². The van der Waals surface area contributed by atoms with E-state index in [-0.39, 0.29) is 11.9 Å². The summed E-state index contributed by atoms with van der Waals surface area (Å²) in [6.07, 6.45) is -0.230. The van der Waals surface area contributed by atoms with E-state index in [4.69, 9.17) is 21.4 Å². The van der Waals surface area contributed by atoms with Gasteiger partial charge in [0.2, 0.25) is 0 Å². The van der Waals surface area contributed by atoms with Crippen molar-refractivity contribution in [2.24, 2.45) is 0 Å². The van der Waals surface area contributed by atoms with Gasteiger partial charge in [-0.25, -0.2) is 9.59 Å². The van der Waals surface area contributed by atoms with Crippen LogP contribution in [-0.2, 0) is 14.3 Å². The zero-order valence-electron chi connectivity index (χ0n) is 14.8. The number of rotatable bonds is 3. The fourth-order valence-corrected chi connectivity index (χ4v) is 3.50. The Morgan fingerprint density at radius 3 is 2.48 bits per heavy atom. The van der Waals surface area contributed by atoms with Crippen LogP contribution in [0.4, 0.5) is 10.5 Å². The lowest BCUT2D eigenvalue weighted by atomic mass is 10.2. The third-order valence-corrected chi connectivity index (χ3v) is 4.98. The van der Waals surface area contributed by atoms with E-state index in [1.807, 2.05) is 0 Å². The molecule has 2 aliphatic heterocycles. The van der Waals surface area contributed by atoms with Gasteiger partial charge in [-0.15, -0.1) is 0 Å². The summed E-state index contributed by atoms with van der Waals surface area (Å²) >= 11 is 5.93. The Morgan fingerprint density at radius 1 is 1.07 bits per heavy atom. The number of ether oxygens (including phenoxy) is 1. The first kappa shape index (κ1) is 19.4. The topological polar surface area (TPSA) is 99.2 Å². The van der Waals surface area contributed by atoms with Crippen LogP contribution in [0.2, 0.25) is 5.02 Å². The second-order valence-electron chi connectivity index (χ2n) is 6.64. The molecule has 1 aromatic rings. The number of amides is 3. The van der Waals surface area contributed by atoms with Crippen LogP contribution in [-0.4, -0.2) is 71.2 Å². The Morgan fingerprint density at radius 2 is 1.78 bits per heavy atom. The minimum absolute atomic E-state index is 0.198. The quantitative estimate of drug-likeness (QED) is 0.815. The first-order chi connectivity index (χ1) is 12.9. The molecule has 1 aromatic carbocycles. The lowest BCUT2D eigenvalue weighted by Gasteiger charge is -2.24. The average Bonchev–Trinajstić information content (AvgIpc) is 2.99. The molecule has 2 saturated heterocycles. The SMILES string of the molecule is O=C(O)[C@H]1CC[C@@H](C(=O)N2CCCN(C(=O)Nc3cccc(Cl)c3)CC2)O1. The van der Waals surface area contributed by atoms with Crippen LogP contribution in [0.15, 0.2) is 24.3 Å². The third-order valence-electron chi connectivity index (χ3n) is 4.74. The molecule has 3 rings (SSSR count). The number of nitrogens with zero attached hydrogens (tertiary/aromatic N) is 2. The molecule has 2 N–H and O–H groups in total. The van der Waals surface area contributed by atoms with E-state index < -0.39 is 18.2 Å². The maximum absolute atomic E-state index is 12.6. The van der Waals surface area contributed by atoms with Gasteiger partial charge in [0.05, 0.1) is 0 Å². The highest BCUT2D eigenvalue weighted by molar-refractivity contribution is 6.30. The minimum atomic E-state index is -1.04. The van der Waals surface area contributed by atoms with Gasteiger partial charge in [0.1, 0.15) is 6.10 Å². The average molecular weight is 396 g/mol. The van der Waals surface area contributed by atoms with Gasteiger partial charge >= 0.3 is 12.0 Å². The summed E-state index contributed by atoms with van der Waals surface area (Å²) < 4.78 is 5.35. The van der Waals surface area contributed by atoms with Gasteiger partial charge in [0, 0.05) is 36.9 Å².